The Labute approximate surface area is 131 Å². The fraction of sp³-hybridized carbons (Fsp3) is 0.100. The summed E-state index contributed by atoms with van der Waals surface area (Å²) in [6, 6.07) is 23.6. The monoisotopic (exact) mass is 290 g/mol. The highest BCUT2D eigenvalue weighted by Gasteiger charge is 2.07. The van der Waals surface area contributed by atoms with E-state index in [0.717, 1.165) is 11.5 Å². The van der Waals surface area contributed by atoms with E-state index >= 15 is 0 Å². The van der Waals surface area contributed by atoms with Crippen LogP contribution >= 0.6 is 0 Å². The molecule has 0 saturated heterocycles. The van der Waals surface area contributed by atoms with Crippen LogP contribution in [0.1, 0.15) is 11.1 Å². The van der Waals surface area contributed by atoms with Gasteiger partial charge in [0.2, 0.25) is 0 Å². The van der Waals surface area contributed by atoms with Crippen LogP contribution in [0.3, 0.4) is 0 Å². The Kier molecular flexibility index (Phi) is 4.10. The lowest BCUT2D eigenvalue weighted by Crippen LogP contribution is -1.90. The molecular formula is C20H18O2. The van der Waals surface area contributed by atoms with Crippen molar-refractivity contribution in [3.05, 3.63) is 83.9 Å². The van der Waals surface area contributed by atoms with Gasteiger partial charge in [0.25, 0.3) is 0 Å². The van der Waals surface area contributed by atoms with Gasteiger partial charge in [0, 0.05) is 0 Å². The Bertz CT molecular complexity index is 677. The van der Waals surface area contributed by atoms with E-state index in [2.05, 4.69) is 13.8 Å². The lowest BCUT2D eigenvalue weighted by molar-refractivity contribution is 0.418. The van der Waals surface area contributed by atoms with Crippen molar-refractivity contribution in [3.63, 3.8) is 0 Å². The third-order valence-corrected chi connectivity index (χ3v) is 3.35. The topological polar surface area (TPSA) is 18.5 Å². The molecule has 0 fully saturated rings. The number of para-hydroxylation sites is 2. The molecule has 0 N–H and O–H groups in total. The van der Waals surface area contributed by atoms with E-state index in [1.54, 1.807) is 0 Å². The molecular weight excluding hydrogens is 272 g/mol. The minimum absolute atomic E-state index is 0.701. The molecule has 0 heterocycles. The molecule has 2 heteroatoms. The fourth-order valence-electron chi connectivity index (χ4n) is 2.09. The minimum Gasteiger partial charge on any atom is -0.453 e. The van der Waals surface area contributed by atoms with Crippen LogP contribution in [0.25, 0.3) is 0 Å². The lowest BCUT2D eigenvalue weighted by Gasteiger charge is -2.12. The molecule has 0 bridgehead atoms. The average Bonchev–Trinajstić information content (AvgIpc) is 2.54. The van der Waals surface area contributed by atoms with Gasteiger partial charge in [-0.1, -0.05) is 47.5 Å². The predicted molar refractivity (Wildman–Crippen MR) is 88.9 cm³/mol. The molecule has 0 radical (unpaired) electrons. The summed E-state index contributed by atoms with van der Waals surface area (Å²) in [6.45, 7) is 4.11. The van der Waals surface area contributed by atoms with E-state index in [9.17, 15) is 0 Å². The summed E-state index contributed by atoms with van der Waals surface area (Å²) in [6.07, 6.45) is 0. The van der Waals surface area contributed by atoms with Gasteiger partial charge in [-0.2, -0.15) is 0 Å². The van der Waals surface area contributed by atoms with Crippen molar-refractivity contribution in [1.29, 1.82) is 0 Å². The van der Waals surface area contributed by atoms with E-state index in [1.165, 1.54) is 11.1 Å². The van der Waals surface area contributed by atoms with Gasteiger partial charge in [0.15, 0.2) is 11.5 Å². The highest BCUT2D eigenvalue weighted by Crippen LogP contribution is 2.34. The van der Waals surface area contributed by atoms with Crippen molar-refractivity contribution in [2.45, 2.75) is 13.8 Å². The molecule has 3 aromatic carbocycles. The molecule has 2 nitrogen and oxygen atoms in total. The van der Waals surface area contributed by atoms with Crippen molar-refractivity contribution in [2.75, 3.05) is 0 Å². The zero-order valence-electron chi connectivity index (χ0n) is 12.7. The average molecular weight is 290 g/mol. The molecule has 0 atom stereocenters. The van der Waals surface area contributed by atoms with E-state index in [-0.39, 0.29) is 0 Å². The summed E-state index contributed by atoms with van der Waals surface area (Å²) < 4.78 is 11.9. The quantitative estimate of drug-likeness (QED) is 0.596. The van der Waals surface area contributed by atoms with Crippen LogP contribution in [0.15, 0.2) is 72.8 Å². The van der Waals surface area contributed by atoms with Crippen LogP contribution in [0.4, 0.5) is 0 Å². The highest BCUT2D eigenvalue weighted by molar-refractivity contribution is 5.45. The van der Waals surface area contributed by atoms with Crippen LogP contribution in [0.2, 0.25) is 0 Å². The smallest absolute Gasteiger partial charge is 0.169 e. The first-order chi connectivity index (χ1) is 10.7. The summed E-state index contributed by atoms with van der Waals surface area (Å²) in [5, 5.41) is 0. The number of ether oxygens (including phenoxy) is 2. The lowest BCUT2D eigenvalue weighted by atomic mass is 10.2. The van der Waals surface area contributed by atoms with Gasteiger partial charge in [0.05, 0.1) is 0 Å². The van der Waals surface area contributed by atoms with Gasteiger partial charge >= 0.3 is 0 Å². The summed E-state index contributed by atoms with van der Waals surface area (Å²) in [4.78, 5) is 0. The number of benzene rings is 3. The maximum atomic E-state index is 5.94. The van der Waals surface area contributed by atoms with E-state index in [4.69, 9.17) is 9.47 Å². The van der Waals surface area contributed by atoms with Crippen LogP contribution < -0.4 is 9.47 Å². The van der Waals surface area contributed by atoms with Crippen LogP contribution in [0.5, 0.6) is 23.0 Å². The Hall–Kier alpha value is -2.74. The first kappa shape index (κ1) is 14.2. The fourth-order valence-corrected chi connectivity index (χ4v) is 2.09. The zero-order valence-corrected chi connectivity index (χ0v) is 12.7. The molecule has 0 spiro atoms. The Balaban J connectivity index is 1.83. The highest BCUT2D eigenvalue weighted by atomic mass is 16.5. The normalized spacial score (nSPS) is 10.3. The zero-order chi connectivity index (χ0) is 15.4. The first-order valence-electron chi connectivity index (χ1n) is 7.29. The van der Waals surface area contributed by atoms with Crippen molar-refractivity contribution in [1.82, 2.24) is 0 Å². The number of hydrogen-bond donors (Lipinski definition) is 0. The number of aryl methyl sites for hydroxylation is 2. The predicted octanol–water partition coefficient (Wildman–Crippen LogP) is 5.89. The molecule has 0 aliphatic rings. The van der Waals surface area contributed by atoms with Gasteiger partial charge in [-0.15, -0.1) is 0 Å². The Morgan fingerprint density at radius 3 is 1.23 bits per heavy atom. The largest absolute Gasteiger partial charge is 0.453 e. The van der Waals surface area contributed by atoms with E-state index in [1.807, 2.05) is 72.8 Å². The summed E-state index contributed by atoms with van der Waals surface area (Å²) in [5.74, 6) is 3.00. The summed E-state index contributed by atoms with van der Waals surface area (Å²) in [7, 11) is 0. The van der Waals surface area contributed by atoms with Crippen molar-refractivity contribution < 1.29 is 9.47 Å². The molecule has 0 aromatic heterocycles. The summed E-state index contributed by atoms with van der Waals surface area (Å²) >= 11 is 0. The second-order valence-corrected chi connectivity index (χ2v) is 5.28. The molecule has 110 valence electrons. The molecule has 0 unspecified atom stereocenters. The molecule has 3 rings (SSSR count). The van der Waals surface area contributed by atoms with Gasteiger partial charge in [-0.3, -0.25) is 0 Å². The molecule has 0 saturated carbocycles. The van der Waals surface area contributed by atoms with Gasteiger partial charge in [-0.25, -0.2) is 0 Å². The molecule has 0 aliphatic carbocycles. The molecule has 0 amide bonds. The van der Waals surface area contributed by atoms with Crippen molar-refractivity contribution in [2.24, 2.45) is 0 Å². The summed E-state index contributed by atoms with van der Waals surface area (Å²) in [5.41, 5.74) is 2.41. The second kappa shape index (κ2) is 6.35. The van der Waals surface area contributed by atoms with Crippen molar-refractivity contribution in [3.8, 4) is 23.0 Å². The van der Waals surface area contributed by atoms with Crippen LogP contribution in [-0.2, 0) is 0 Å². The third kappa shape index (κ3) is 3.47. The van der Waals surface area contributed by atoms with Crippen LogP contribution in [0, 0.1) is 13.8 Å². The Morgan fingerprint density at radius 2 is 0.864 bits per heavy atom. The standard InChI is InChI=1S/C20H18O2/c1-15-7-11-17(12-8-15)21-19-5-3-4-6-20(19)22-18-13-9-16(2)10-14-18/h3-14H,1-2H3. The molecule has 3 aromatic rings. The van der Waals surface area contributed by atoms with E-state index in [0.29, 0.717) is 11.5 Å². The first-order valence-corrected chi connectivity index (χ1v) is 7.29. The minimum atomic E-state index is 0.701. The molecule has 0 aliphatic heterocycles. The second-order valence-electron chi connectivity index (χ2n) is 5.28. The van der Waals surface area contributed by atoms with Crippen LogP contribution in [-0.4, -0.2) is 0 Å². The number of hydrogen-bond acceptors (Lipinski definition) is 2. The SMILES string of the molecule is Cc1ccc(Oc2ccccc2Oc2ccc(C)cc2)cc1. The van der Waals surface area contributed by atoms with Gasteiger partial charge in [0.1, 0.15) is 11.5 Å². The Morgan fingerprint density at radius 1 is 0.500 bits per heavy atom. The van der Waals surface area contributed by atoms with Crippen molar-refractivity contribution >= 4 is 0 Å². The van der Waals surface area contributed by atoms with Gasteiger partial charge < -0.3 is 9.47 Å². The van der Waals surface area contributed by atoms with Gasteiger partial charge in [-0.05, 0) is 50.2 Å². The maximum Gasteiger partial charge on any atom is 0.169 e. The maximum absolute atomic E-state index is 5.94. The number of rotatable bonds is 4. The molecule has 22 heavy (non-hydrogen) atoms. The van der Waals surface area contributed by atoms with E-state index < -0.39 is 0 Å². The third-order valence-electron chi connectivity index (χ3n) is 3.35.